The molecule has 0 unspecified atom stereocenters. The highest BCUT2D eigenvalue weighted by atomic mass is 16.1. The largest absolute Gasteiger partial charge is 0.366 e. The molecule has 2 fully saturated rings. The first kappa shape index (κ1) is 19.8. The molecule has 3 N–H and O–H groups in total. The van der Waals surface area contributed by atoms with Crippen LogP contribution in [0.25, 0.3) is 11.3 Å². The van der Waals surface area contributed by atoms with Crippen LogP contribution in [0.1, 0.15) is 55.1 Å². The first-order valence-electron chi connectivity index (χ1n) is 10.8. The molecular weight excluding hydrogens is 362 g/mol. The Bertz CT molecular complexity index is 862. The van der Waals surface area contributed by atoms with Crippen LogP contribution in [0.5, 0.6) is 0 Å². The first-order valence-corrected chi connectivity index (χ1v) is 10.8. The van der Waals surface area contributed by atoms with Crippen LogP contribution >= 0.6 is 0 Å². The van der Waals surface area contributed by atoms with E-state index >= 15 is 0 Å². The van der Waals surface area contributed by atoms with Gasteiger partial charge in [-0.25, -0.2) is 4.98 Å². The van der Waals surface area contributed by atoms with Crippen molar-refractivity contribution in [3.05, 3.63) is 41.7 Å². The number of anilines is 1. The summed E-state index contributed by atoms with van der Waals surface area (Å²) in [5, 5.41) is 3.44. The van der Waals surface area contributed by atoms with Gasteiger partial charge in [-0.3, -0.25) is 9.78 Å². The molecule has 0 radical (unpaired) electrons. The smallest absolute Gasteiger partial charge is 0.248 e. The fourth-order valence-electron chi connectivity index (χ4n) is 4.54. The van der Waals surface area contributed by atoms with Gasteiger partial charge in [-0.05, 0) is 43.5 Å². The number of nitrogens with one attached hydrogen (secondary N) is 1. The van der Waals surface area contributed by atoms with E-state index in [2.05, 4.69) is 28.2 Å². The predicted molar refractivity (Wildman–Crippen MR) is 116 cm³/mol. The maximum Gasteiger partial charge on any atom is 0.248 e. The Labute approximate surface area is 172 Å². The van der Waals surface area contributed by atoms with Crippen molar-refractivity contribution in [3.8, 4) is 11.3 Å². The Kier molecular flexibility index (Phi) is 6.09. The number of nitrogens with two attached hydrogens (primary N) is 1. The van der Waals surface area contributed by atoms with Gasteiger partial charge in [0.15, 0.2) is 0 Å². The van der Waals surface area contributed by atoms with Crippen LogP contribution < -0.4 is 16.0 Å². The second-order valence-electron chi connectivity index (χ2n) is 8.51. The predicted octanol–water partition coefficient (Wildman–Crippen LogP) is 3.16. The van der Waals surface area contributed by atoms with E-state index in [0.29, 0.717) is 11.6 Å². The van der Waals surface area contributed by atoms with Crippen molar-refractivity contribution in [3.63, 3.8) is 0 Å². The zero-order chi connectivity index (χ0) is 20.2. The van der Waals surface area contributed by atoms with Gasteiger partial charge in [0.2, 0.25) is 5.91 Å². The van der Waals surface area contributed by atoms with E-state index in [1.165, 1.54) is 32.1 Å². The molecule has 29 heavy (non-hydrogen) atoms. The lowest BCUT2D eigenvalue weighted by atomic mass is 9.86. The van der Waals surface area contributed by atoms with Crippen molar-refractivity contribution in [2.24, 2.45) is 11.7 Å². The maximum atomic E-state index is 12.0. The molecule has 2 aromatic heterocycles. The summed E-state index contributed by atoms with van der Waals surface area (Å²) in [5.74, 6) is 1.12. The van der Waals surface area contributed by atoms with Gasteiger partial charge in [0, 0.05) is 48.7 Å². The summed E-state index contributed by atoms with van der Waals surface area (Å²) in [5.41, 5.74) is 9.03. The van der Waals surface area contributed by atoms with Crippen LogP contribution in [0.2, 0.25) is 0 Å². The first-order chi connectivity index (χ1) is 14.1. The highest BCUT2D eigenvalue weighted by molar-refractivity contribution is 5.94. The van der Waals surface area contributed by atoms with Crippen molar-refractivity contribution < 1.29 is 4.79 Å². The number of nitrogens with zero attached hydrogens (tertiary/aromatic N) is 3. The van der Waals surface area contributed by atoms with E-state index in [-0.39, 0.29) is 0 Å². The molecule has 1 saturated carbocycles. The number of aromatic nitrogens is 2. The summed E-state index contributed by atoms with van der Waals surface area (Å²) in [7, 11) is 0. The van der Waals surface area contributed by atoms with Gasteiger partial charge in [-0.2, -0.15) is 0 Å². The van der Waals surface area contributed by atoms with E-state index in [0.717, 1.165) is 54.7 Å². The van der Waals surface area contributed by atoms with E-state index in [1.807, 2.05) is 18.3 Å². The highest BCUT2D eigenvalue weighted by Crippen LogP contribution is 2.28. The number of carbonyl (C=O) groups excluding carboxylic acids is 1. The van der Waals surface area contributed by atoms with Crippen molar-refractivity contribution >= 4 is 11.7 Å². The number of amides is 1. The Morgan fingerprint density at radius 2 is 2.07 bits per heavy atom. The molecule has 6 heteroatoms. The van der Waals surface area contributed by atoms with E-state index < -0.39 is 5.91 Å². The van der Waals surface area contributed by atoms with Crippen LogP contribution in [0.4, 0.5) is 5.82 Å². The van der Waals surface area contributed by atoms with Crippen LogP contribution in [0.3, 0.4) is 0 Å². The quantitative estimate of drug-likeness (QED) is 0.815. The van der Waals surface area contributed by atoms with Crippen LogP contribution in [-0.2, 0) is 6.42 Å². The Balaban J connectivity index is 1.63. The molecule has 1 aliphatic carbocycles. The maximum absolute atomic E-state index is 12.0. The third-order valence-electron chi connectivity index (χ3n) is 6.12. The lowest BCUT2D eigenvalue weighted by Gasteiger charge is -2.33. The number of primary amides is 1. The molecule has 1 saturated heterocycles. The third kappa shape index (κ3) is 4.93. The van der Waals surface area contributed by atoms with Gasteiger partial charge in [-0.1, -0.05) is 32.1 Å². The van der Waals surface area contributed by atoms with Gasteiger partial charge in [-0.15, -0.1) is 0 Å². The van der Waals surface area contributed by atoms with E-state index in [9.17, 15) is 4.79 Å². The molecule has 2 aliphatic rings. The molecule has 0 spiro atoms. The second-order valence-corrected chi connectivity index (χ2v) is 8.51. The van der Waals surface area contributed by atoms with Crippen LogP contribution in [-0.4, -0.2) is 41.6 Å². The van der Waals surface area contributed by atoms with Gasteiger partial charge < -0.3 is 16.0 Å². The third-order valence-corrected chi connectivity index (χ3v) is 6.12. The topological polar surface area (TPSA) is 84.1 Å². The van der Waals surface area contributed by atoms with Gasteiger partial charge in [0.05, 0.1) is 5.69 Å². The van der Waals surface area contributed by atoms with Crippen molar-refractivity contribution in [2.45, 2.75) is 51.5 Å². The van der Waals surface area contributed by atoms with E-state index in [4.69, 9.17) is 10.7 Å². The highest BCUT2D eigenvalue weighted by Gasteiger charge is 2.20. The van der Waals surface area contributed by atoms with Crippen LogP contribution in [0, 0.1) is 5.92 Å². The van der Waals surface area contributed by atoms with Gasteiger partial charge >= 0.3 is 0 Å². The molecule has 1 aliphatic heterocycles. The summed E-state index contributed by atoms with van der Waals surface area (Å²) >= 11 is 0. The lowest BCUT2D eigenvalue weighted by molar-refractivity contribution is 0.1000. The molecule has 0 bridgehead atoms. The molecule has 0 aromatic carbocycles. The molecule has 1 atom stereocenters. The summed E-state index contributed by atoms with van der Waals surface area (Å²) < 4.78 is 0. The molecule has 6 nitrogen and oxygen atoms in total. The Morgan fingerprint density at radius 3 is 2.83 bits per heavy atom. The van der Waals surface area contributed by atoms with Crippen molar-refractivity contribution in [1.82, 2.24) is 15.3 Å². The average molecular weight is 394 g/mol. The number of rotatable bonds is 5. The molecule has 1 amide bonds. The van der Waals surface area contributed by atoms with Gasteiger partial charge in [0.1, 0.15) is 5.82 Å². The summed E-state index contributed by atoms with van der Waals surface area (Å²) in [6.45, 7) is 4.78. The van der Waals surface area contributed by atoms with E-state index in [1.54, 1.807) is 6.07 Å². The van der Waals surface area contributed by atoms with Crippen molar-refractivity contribution in [2.75, 3.05) is 24.5 Å². The fourth-order valence-corrected chi connectivity index (χ4v) is 4.54. The number of hydrogen-bond donors (Lipinski definition) is 2. The minimum Gasteiger partial charge on any atom is -0.366 e. The lowest BCUT2D eigenvalue weighted by Crippen LogP contribution is -2.49. The molecule has 154 valence electrons. The van der Waals surface area contributed by atoms with Crippen molar-refractivity contribution in [1.29, 1.82) is 0 Å². The summed E-state index contributed by atoms with van der Waals surface area (Å²) in [6.07, 6.45) is 9.50. The Morgan fingerprint density at radius 1 is 1.24 bits per heavy atom. The molecule has 4 rings (SSSR count). The standard InChI is InChI=1S/C23H31N5O/c1-16-15-28(10-9-25-16)22-14-19(23(24)29)13-21(27-22)18-7-8-26-20(12-18)11-17-5-3-2-4-6-17/h7-8,12-14,16-17,25H,2-6,9-11,15H2,1H3,(H2,24,29)/t16-/m1/s1. The average Bonchev–Trinajstić information content (AvgIpc) is 2.74. The molecule has 2 aromatic rings. The normalized spacial score (nSPS) is 20.6. The number of pyridine rings is 2. The Hall–Kier alpha value is -2.47. The SMILES string of the molecule is C[C@@H]1CN(c2cc(C(N)=O)cc(-c3ccnc(CC4CCCCC4)c3)n2)CCN1. The number of piperazine rings is 1. The second kappa shape index (κ2) is 8.91. The zero-order valence-electron chi connectivity index (χ0n) is 17.2. The summed E-state index contributed by atoms with van der Waals surface area (Å²) in [4.78, 5) is 23.7. The molecular formula is C23H31N5O. The molecule has 3 heterocycles. The van der Waals surface area contributed by atoms with Crippen LogP contribution in [0.15, 0.2) is 30.5 Å². The monoisotopic (exact) mass is 393 g/mol. The minimum atomic E-state index is -0.422. The number of carbonyl (C=O) groups is 1. The minimum absolute atomic E-state index is 0.384. The summed E-state index contributed by atoms with van der Waals surface area (Å²) in [6, 6.07) is 8.10. The fraction of sp³-hybridized carbons (Fsp3) is 0.522. The zero-order valence-corrected chi connectivity index (χ0v) is 17.2. The van der Waals surface area contributed by atoms with Gasteiger partial charge in [0.25, 0.3) is 0 Å². The number of hydrogen-bond acceptors (Lipinski definition) is 5.